The van der Waals surface area contributed by atoms with Crippen LogP contribution >= 0.6 is 27.5 Å². The molecule has 0 aliphatic rings. The van der Waals surface area contributed by atoms with E-state index in [1.807, 2.05) is 42.5 Å². The van der Waals surface area contributed by atoms with Crippen LogP contribution in [-0.2, 0) is 0 Å². The molecule has 0 saturated heterocycles. The van der Waals surface area contributed by atoms with E-state index in [-0.39, 0.29) is 0 Å². The second kappa shape index (κ2) is 5.77. The molecule has 3 aromatic rings. The molecule has 0 aliphatic heterocycles. The smallest absolute Gasteiger partial charge is 0.146 e. The summed E-state index contributed by atoms with van der Waals surface area (Å²) >= 11 is 9.56. The lowest BCUT2D eigenvalue weighted by atomic mass is 10.1. The highest BCUT2D eigenvalue weighted by molar-refractivity contribution is 9.10. The normalized spacial score (nSPS) is 10.3. The lowest BCUT2D eigenvalue weighted by Gasteiger charge is -2.11. The molecule has 0 saturated carbocycles. The zero-order valence-corrected chi connectivity index (χ0v) is 13.1. The van der Waals surface area contributed by atoms with Crippen LogP contribution in [0.4, 0.5) is 0 Å². The number of hydrogen-bond donors (Lipinski definition) is 0. The Morgan fingerprint density at radius 1 is 0.905 bits per heavy atom. The van der Waals surface area contributed by atoms with Gasteiger partial charge >= 0.3 is 0 Å². The highest BCUT2D eigenvalue weighted by atomic mass is 79.9. The fraction of sp³-hybridized carbons (Fsp3) is 0. The summed E-state index contributed by atoms with van der Waals surface area (Å²) in [6.45, 7) is 0. The van der Waals surface area contributed by atoms with E-state index in [1.165, 1.54) is 0 Å². The third-order valence-corrected chi connectivity index (χ3v) is 4.13. The Kier molecular flexibility index (Phi) is 3.83. The minimum atomic E-state index is 0.469. The summed E-state index contributed by atoms with van der Waals surface area (Å²) in [7, 11) is 0. The van der Waals surface area contributed by atoms with Crippen molar-refractivity contribution in [2.45, 2.75) is 0 Å². The number of fused-ring (bicyclic) bond motifs is 1. The summed E-state index contributed by atoms with van der Waals surface area (Å²) in [5.41, 5.74) is 0.469. The zero-order valence-electron chi connectivity index (χ0n) is 10.8. The standard InChI is InChI=1S/C17H9BrClNO/c18-14-6-3-7-16(13(14)10-20)21-17-9-8-15(19)11-4-1-2-5-12(11)17/h1-9H. The summed E-state index contributed by atoms with van der Waals surface area (Å²) in [6.07, 6.45) is 0. The predicted octanol–water partition coefficient (Wildman–Crippen LogP) is 5.92. The molecular formula is C17H9BrClNO. The van der Waals surface area contributed by atoms with E-state index in [2.05, 4.69) is 22.0 Å². The lowest BCUT2D eigenvalue weighted by Crippen LogP contribution is -1.90. The van der Waals surface area contributed by atoms with E-state index in [0.717, 1.165) is 10.8 Å². The van der Waals surface area contributed by atoms with Crippen molar-refractivity contribution >= 4 is 38.3 Å². The van der Waals surface area contributed by atoms with Crippen molar-refractivity contribution in [2.24, 2.45) is 0 Å². The minimum absolute atomic E-state index is 0.469. The highest BCUT2D eigenvalue weighted by Gasteiger charge is 2.11. The fourth-order valence-electron chi connectivity index (χ4n) is 2.14. The van der Waals surface area contributed by atoms with Gasteiger partial charge < -0.3 is 4.74 Å². The van der Waals surface area contributed by atoms with Crippen LogP contribution < -0.4 is 4.74 Å². The second-order valence-corrected chi connectivity index (χ2v) is 5.68. The third kappa shape index (κ3) is 2.61. The van der Waals surface area contributed by atoms with Gasteiger partial charge in [-0.25, -0.2) is 0 Å². The summed E-state index contributed by atoms with van der Waals surface area (Å²) in [6, 6.07) is 18.9. The molecule has 0 spiro atoms. The van der Waals surface area contributed by atoms with Crippen LogP contribution in [0.5, 0.6) is 11.5 Å². The van der Waals surface area contributed by atoms with Crippen LogP contribution in [0.25, 0.3) is 10.8 Å². The Bertz CT molecular complexity index is 870. The molecule has 4 heteroatoms. The number of benzene rings is 3. The van der Waals surface area contributed by atoms with E-state index in [9.17, 15) is 5.26 Å². The zero-order chi connectivity index (χ0) is 14.8. The van der Waals surface area contributed by atoms with Crippen molar-refractivity contribution in [3.05, 3.63) is 69.7 Å². The molecule has 0 atom stereocenters. The third-order valence-electron chi connectivity index (χ3n) is 3.14. The first-order chi connectivity index (χ1) is 10.2. The number of ether oxygens (including phenoxy) is 1. The second-order valence-electron chi connectivity index (χ2n) is 4.42. The van der Waals surface area contributed by atoms with E-state index >= 15 is 0 Å². The van der Waals surface area contributed by atoms with Gasteiger partial charge in [-0.3, -0.25) is 0 Å². The van der Waals surface area contributed by atoms with Crippen LogP contribution in [0.1, 0.15) is 5.56 Å². The monoisotopic (exact) mass is 357 g/mol. The van der Waals surface area contributed by atoms with Gasteiger partial charge in [0.25, 0.3) is 0 Å². The Labute approximate surface area is 135 Å². The van der Waals surface area contributed by atoms with Gasteiger partial charge in [0.2, 0.25) is 0 Å². The van der Waals surface area contributed by atoms with Crippen LogP contribution in [-0.4, -0.2) is 0 Å². The molecule has 3 rings (SSSR count). The molecule has 0 N–H and O–H groups in total. The molecule has 0 unspecified atom stereocenters. The summed E-state index contributed by atoms with van der Waals surface area (Å²) in [4.78, 5) is 0. The molecule has 0 radical (unpaired) electrons. The molecular weight excluding hydrogens is 350 g/mol. The van der Waals surface area contributed by atoms with E-state index in [0.29, 0.717) is 26.6 Å². The Hall–Kier alpha value is -2.02. The van der Waals surface area contributed by atoms with Crippen molar-refractivity contribution in [1.29, 1.82) is 5.26 Å². The van der Waals surface area contributed by atoms with Gasteiger partial charge in [-0.15, -0.1) is 0 Å². The van der Waals surface area contributed by atoms with Gasteiger partial charge in [0.1, 0.15) is 23.1 Å². The average molecular weight is 359 g/mol. The van der Waals surface area contributed by atoms with Gasteiger partial charge in [0, 0.05) is 20.3 Å². The molecule has 102 valence electrons. The number of rotatable bonds is 2. The number of nitriles is 1. The van der Waals surface area contributed by atoms with E-state index in [4.69, 9.17) is 16.3 Å². The minimum Gasteiger partial charge on any atom is -0.455 e. The van der Waals surface area contributed by atoms with Gasteiger partial charge in [-0.2, -0.15) is 5.26 Å². The molecule has 21 heavy (non-hydrogen) atoms. The molecule has 0 amide bonds. The Balaban J connectivity index is 2.14. The number of hydrogen-bond acceptors (Lipinski definition) is 2. The largest absolute Gasteiger partial charge is 0.455 e. The van der Waals surface area contributed by atoms with E-state index < -0.39 is 0 Å². The van der Waals surface area contributed by atoms with Crippen molar-refractivity contribution < 1.29 is 4.74 Å². The van der Waals surface area contributed by atoms with Crippen LogP contribution in [0.3, 0.4) is 0 Å². The van der Waals surface area contributed by atoms with Gasteiger partial charge in [0.15, 0.2) is 0 Å². The summed E-state index contributed by atoms with van der Waals surface area (Å²) in [5.74, 6) is 1.18. The predicted molar refractivity (Wildman–Crippen MR) is 87.9 cm³/mol. The lowest BCUT2D eigenvalue weighted by molar-refractivity contribution is 0.486. The summed E-state index contributed by atoms with van der Waals surface area (Å²) in [5, 5.41) is 11.8. The fourth-order valence-corrected chi connectivity index (χ4v) is 2.80. The Morgan fingerprint density at radius 3 is 2.43 bits per heavy atom. The number of nitrogens with zero attached hydrogens (tertiary/aromatic N) is 1. The maximum Gasteiger partial charge on any atom is 0.146 e. The topological polar surface area (TPSA) is 33.0 Å². The van der Waals surface area contributed by atoms with Gasteiger partial charge in [-0.1, -0.05) is 41.9 Å². The molecule has 0 aliphatic carbocycles. The molecule has 0 aromatic heterocycles. The molecule has 0 fully saturated rings. The highest BCUT2D eigenvalue weighted by Crippen LogP contribution is 2.36. The molecule has 0 bridgehead atoms. The quantitative estimate of drug-likeness (QED) is 0.569. The molecule has 0 heterocycles. The van der Waals surface area contributed by atoms with Crippen molar-refractivity contribution in [1.82, 2.24) is 0 Å². The van der Waals surface area contributed by atoms with Crippen molar-refractivity contribution in [3.8, 4) is 17.6 Å². The molecule has 3 aromatic carbocycles. The van der Waals surface area contributed by atoms with Crippen molar-refractivity contribution in [3.63, 3.8) is 0 Å². The van der Waals surface area contributed by atoms with Crippen LogP contribution in [0, 0.1) is 11.3 Å². The first-order valence-electron chi connectivity index (χ1n) is 6.24. The first-order valence-corrected chi connectivity index (χ1v) is 7.41. The van der Waals surface area contributed by atoms with Crippen LogP contribution in [0.2, 0.25) is 5.02 Å². The summed E-state index contributed by atoms with van der Waals surface area (Å²) < 4.78 is 6.65. The maximum atomic E-state index is 9.25. The molecule has 2 nitrogen and oxygen atoms in total. The number of halogens is 2. The van der Waals surface area contributed by atoms with Crippen LogP contribution in [0.15, 0.2) is 59.1 Å². The maximum absolute atomic E-state index is 9.25. The Morgan fingerprint density at radius 2 is 1.67 bits per heavy atom. The average Bonchev–Trinajstić information content (AvgIpc) is 2.51. The van der Waals surface area contributed by atoms with Gasteiger partial charge in [0.05, 0.1) is 0 Å². The van der Waals surface area contributed by atoms with Gasteiger partial charge in [-0.05, 0) is 40.2 Å². The van der Waals surface area contributed by atoms with Crippen molar-refractivity contribution in [2.75, 3.05) is 0 Å². The SMILES string of the molecule is N#Cc1c(Br)cccc1Oc1ccc(Cl)c2ccccc12. The van der Waals surface area contributed by atoms with E-state index in [1.54, 1.807) is 12.1 Å². The first kappa shape index (κ1) is 13.9.